The van der Waals surface area contributed by atoms with Gasteiger partial charge < -0.3 is 14.7 Å². The van der Waals surface area contributed by atoms with Gasteiger partial charge in [-0.1, -0.05) is 0 Å². The zero-order valence-electron chi connectivity index (χ0n) is 11.7. The summed E-state index contributed by atoms with van der Waals surface area (Å²) in [5.41, 5.74) is 0. The number of carbonyl (C=O) groups excluding carboxylic acids is 1. The van der Waals surface area contributed by atoms with Crippen molar-refractivity contribution in [2.75, 3.05) is 24.7 Å². The molecular formula is C14H25NO3S. The summed E-state index contributed by atoms with van der Waals surface area (Å²) in [6.45, 7) is 3.31. The summed E-state index contributed by atoms with van der Waals surface area (Å²) < 4.78 is 5.67. The van der Waals surface area contributed by atoms with Crippen LogP contribution in [0.2, 0.25) is 0 Å². The first-order chi connectivity index (χ1) is 9.16. The van der Waals surface area contributed by atoms with Crippen LogP contribution in [0.5, 0.6) is 0 Å². The Morgan fingerprint density at radius 2 is 2.37 bits per heavy atom. The van der Waals surface area contributed by atoms with Gasteiger partial charge in [-0.3, -0.25) is 4.79 Å². The Labute approximate surface area is 119 Å². The molecule has 19 heavy (non-hydrogen) atoms. The first-order valence-corrected chi connectivity index (χ1v) is 8.49. The number of carbonyl (C=O) groups is 1. The normalized spacial score (nSPS) is 28.5. The maximum Gasteiger partial charge on any atom is 0.223 e. The van der Waals surface area contributed by atoms with E-state index < -0.39 is 6.10 Å². The van der Waals surface area contributed by atoms with Crippen molar-refractivity contribution in [2.24, 2.45) is 0 Å². The fourth-order valence-electron chi connectivity index (χ4n) is 2.71. The summed E-state index contributed by atoms with van der Waals surface area (Å²) in [5.74, 6) is 2.38. The summed E-state index contributed by atoms with van der Waals surface area (Å²) in [4.78, 5) is 14.4. The summed E-state index contributed by atoms with van der Waals surface area (Å²) in [7, 11) is 0. The molecule has 2 saturated heterocycles. The zero-order valence-corrected chi connectivity index (χ0v) is 12.5. The molecule has 3 atom stereocenters. The molecule has 0 aromatic heterocycles. The number of hydrogen-bond donors (Lipinski definition) is 1. The first kappa shape index (κ1) is 15.1. The fourth-order valence-corrected chi connectivity index (χ4v) is 3.93. The Bertz CT molecular complexity index is 286. The van der Waals surface area contributed by atoms with E-state index in [4.69, 9.17) is 4.74 Å². The van der Waals surface area contributed by atoms with Crippen molar-refractivity contribution in [3.63, 3.8) is 0 Å². The highest BCUT2D eigenvalue weighted by Crippen LogP contribution is 2.25. The maximum atomic E-state index is 12.4. The van der Waals surface area contributed by atoms with Crippen molar-refractivity contribution < 1.29 is 14.6 Å². The molecule has 0 radical (unpaired) electrons. The Hall–Kier alpha value is -0.260. The molecule has 3 unspecified atom stereocenters. The van der Waals surface area contributed by atoms with Crippen molar-refractivity contribution in [3.05, 3.63) is 0 Å². The summed E-state index contributed by atoms with van der Waals surface area (Å²) in [5, 5.41) is 9.33. The molecule has 2 fully saturated rings. The lowest BCUT2D eigenvalue weighted by Gasteiger charge is -2.31. The molecule has 0 saturated carbocycles. The molecule has 0 aromatic carbocycles. The van der Waals surface area contributed by atoms with E-state index in [2.05, 4.69) is 0 Å². The van der Waals surface area contributed by atoms with Crippen LogP contribution in [0.4, 0.5) is 0 Å². The predicted molar refractivity (Wildman–Crippen MR) is 77.3 cm³/mol. The molecule has 0 bridgehead atoms. The number of thioether (sulfide) groups is 1. The van der Waals surface area contributed by atoms with E-state index in [-0.39, 0.29) is 12.0 Å². The number of rotatable bonds is 6. The van der Waals surface area contributed by atoms with Crippen LogP contribution in [-0.2, 0) is 9.53 Å². The van der Waals surface area contributed by atoms with Crippen LogP contribution in [0.3, 0.4) is 0 Å². The highest BCUT2D eigenvalue weighted by atomic mass is 32.2. The Morgan fingerprint density at radius 1 is 1.53 bits per heavy atom. The molecule has 2 aliphatic rings. The molecule has 2 rings (SSSR count). The lowest BCUT2D eigenvalue weighted by atomic mass is 10.1. The molecular weight excluding hydrogens is 262 g/mol. The number of aliphatic hydroxyl groups is 1. The van der Waals surface area contributed by atoms with E-state index in [1.807, 2.05) is 16.7 Å². The quantitative estimate of drug-likeness (QED) is 0.807. The fraction of sp³-hybridized carbons (Fsp3) is 0.929. The lowest BCUT2D eigenvalue weighted by molar-refractivity contribution is -0.135. The second kappa shape index (κ2) is 7.50. The van der Waals surface area contributed by atoms with Gasteiger partial charge in [0.1, 0.15) is 0 Å². The second-order valence-electron chi connectivity index (χ2n) is 5.59. The molecule has 0 aromatic rings. The van der Waals surface area contributed by atoms with E-state index >= 15 is 0 Å². The smallest absolute Gasteiger partial charge is 0.223 e. The minimum Gasteiger partial charge on any atom is -0.393 e. The molecule has 1 N–H and O–H groups in total. The van der Waals surface area contributed by atoms with E-state index in [0.29, 0.717) is 18.9 Å². The largest absolute Gasteiger partial charge is 0.393 e. The molecule has 2 aliphatic heterocycles. The Kier molecular flexibility index (Phi) is 5.98. The Morgan fingerprint density at radius 3 is 2.95 bits per heavy atom. The first-order valence-electron chi connectivity index (χ1n) is 7.33. The number of ether oxygens (including phenoxy) is 1. The van der Waals surface area contributed by atoms with Gasteiger partial charge >= 0.3 is 0 Å². The van der Waals surface area contributed by atoms with Crippen LogP contribution < -0.4 is 0 Å². The maximum absolute atomic E-state index is 12.4. The highest BCUT2D eigenvalue weighted by molar-refractivity contribution is 7.99. The van der Waals surface area contributed by atoms with Gasteiger partial charge in [0.15, 0.2) is 0 Å². The van der Waals surface area contributed by atoms with Crippen LogP contribution in [0.1, 0.15) is 39.0 Å². The third kappa shape index (κ3) is 4.65. The van der Waals surface area contributed by atoms with Gasteiger partial charge in [-0.05, 0) is 38.4 Å². The van der Waals surface area contributed by atoms with Gasteiger partial charge in [0.05, 0.1) is 12.2 Å². The SMILES string of the molecule is CC(O)CCC(=O)N(CC1CCCO1)C1CCSC1. The van der Waals surface area contributed by atoms with Gasteiger partial charge in [0.2, 0.25) is 5.91 Å². The lowest BCUT2D eigenvalue weighted by Crippen LogP contribution is -2.44. The third-order valence-corrected chi connectivity index (χ3v) is 5.01. The van der Waals surface area contributed by atoms with E-state index in [0.717, 1.165) is 43.9 Å². The molecule has 0 spiro atoms. The molecule has 110 valence electrons. The Balaban J connectivity index is 1.89. The van der Waals surface area contributed by atoms with E-state index in [9.17, 15) is 9.90 Å². The highest BCUT2D eigenvalue weighted by Gasteiger charge is 2.30. The number of aliphatic hydroxyl groups excluding tert-OH is 1. The summed E-state index contributed by atoms with van der Waals surface area (Å²) in [6.07, 6.45) is 4.11. The van der Waals surface area contributed by atoms with Gasteiger partial charge in [0, 0.05) is 31.4 Å². The van der Waals surface area contributed by atoms with Crippen LogP contribution in [0, 0.1) is 0 Å². The number of hydrogen-bond acceptors (Lipinski definition) is 4. The van der Waals surface area contributed by atoms with Gasteiger partial charge in [-0.25, -0.2) is 0 Å². The van der Waals surface area contributed by atoms with Crippen LogP contribution in [-0.4, -0.2) is 58.8 Å². The topological polar surface area (TPSA) is 49.8 Å². The zero-order chi connectivity index (χ0) is 13.7. The van der Waals surface area contributed by atoms with Crippen molar-refractivity contribution in [1.82, 2.24) is 4.90 Å². The second-order valence-corrected chi connectivity index (χ2v) is 6.74. The van der Waals surface area contributed by atoms with E-state index in [1.54, 1.807) is 6.92 Å². The average molecular weight is 287 g/mol. The van der Waals surface area contributed by atoms with Gasteiger partial charge in [-0.2, -0.15) is 11.8 Å². The van der Waals surface area contributed by atoms with Gasteiger partial charge in [-0.15, -0.1) is 0 Å². The number of nitrogens with zero attached hydrogens (tertiary/aromatic N) is 1. The monoisotopic (exact) mass is 287 g/mol. The molecule has 1 amide bonds. The van der Waals surface area contributed by atoms with Crippen LogP contribution >= 0.6 is 11.8 Å². The third-order valence-electron chi connectivity index (χ3n) is 3.87. The number of amides is 1. The van der Waals surface area contributed by atoms with Gasteiger partial charge in [0.25, 0.3) is 0 Å². The molecule has 0 aliphatic carbocycles. The van der Waals surface area contributed by atoms with Crippen molar-refractivity contribution >= 4 is 17.7 Å². The van der Waals surface area contributed by atoms with Crippen molar-refractivity contribution in [3.8, 4) is 0 Å². The van der Waals surface area contributed by atoms with E-state index in [1.165, 1.54) is 0 Å². The molecule has 2 heterocycles. The predicted octanol–water partition coefficient (Wildman–Crippen LogP) is 1.66. The average Bonchev–Trinajstić information content (AvgIpc) is 3.05. The van der Waals surface area contributed by atoms with Crippen molar-refractivity contribution in [2.45, 2.75) is 57.3 Å². The minimum atomic E-state index is -0.397. The summed E-state index contributed by atoms with van der Waals surface area (Å²) in [6, 6.07) is 0.371. The molecule has 5 heteroatoms. The van der Waals surface area contributed by atoms with Crippen molar-refractivity contribution in [1.29, 1.82) is 0 Å². The summed E-state index contributed by atoms with van der Waals surface area (Å²) >= 11 is 1.93. The minimum absolute atomic E-state index is 0.184. The van der Waals surface area contributed by atoms with Crippen LogP contribution in [0.15, 0.2) is 0 Å². The standard InChI is InChI=1S/C14H25NO3S/c1-11(16)4-5-14(17)15(12-6-8-19-10-12)9-13-3-2-7-18-13/h11-13,16H,2-10H2,1H3. The van der Waals surface area contributed by atoms with Crippen LogP contribution in [0.25, 0.3) is 0 Å². The molecule has 4 nitrogen and oxygen atoms in total.